The highest BCUT2D eigenvalue weighted by molar-refractivity contribution is 7.20. The first kappa shape index (κ1) is 10.8. The van der Waals surface area contributed by atoms with Crippen LogP contribution in [0.15, 0.2) is 0 Å². The SMILES string of the molecule is CCOC(=O)c1c(N)sc(N)c1CC. The number of rotatable bonds is 3. The van der Waals surface area contributed by atoms with Crippen LogP contribution in [0, 0.1) is 0 Å². The van der Waals surface area contributed by atoms with E-state index in [4.69, 9.17) is 16.2 Å². The molecule has 0 aromatic carbocycles. The normalized spacial score (nSPS) is 10.1. The zero-order valence-corrected chi connectivity index (χ0v) is 9.11. The minimum absolute atomic E-state index is 0.344. The maximum absolute atomic E-state index is 11.5. The Labute approximate surface area is 86.9 Å². The first-order valence-corrected chi connectivity index (χ1v) is 5.27. The number of nitrogens with two attached hydrogens (primary N) is 2. The molecular weight excluding hydrogens is 200 g/mol. The van der Waals surface area contributed by atoms with Crippen LogP contribution in [0.3, 0.4) is 0 Å². The number of ether oxygens (including phenoxy) is 1. The zero-order chi connectivity index (χ0) is 10.7. The van der Waals surface area contributed by atoms with Gasteiger partial charge in [0, 0.05) is 5.56 Å². The summed E-state index contributed by atoms with van der Waals surface area (Å²) in [6.07, 6.45) is 0.688. The second-order valence-corrected chi connectivity index (χ2v) is 3.84. The van der Waals surface area contributed by atoms with Gasteiger partial charge in [-0.05, 0) is 13.3 Å². The molecular formula is C9H14N2O2S. The van der Waals surface area contributed by atoms with Crippen molar-refractivity contribution in [3.05, 3.63) is 11.1 Å². The maximum Gasteiger partial charge on any atom is 0.341 e. The number of carbonyl (C=O) groups excluding carboxylic acids is 1. The van der Waals surface area contributed by atoms with Crippen molar-refractivity contribution in [3.63, 3.8) is 0 Å². The van der Waals surface area contributed by atoms with Crippen molar-refractivity contribution in [2.24, 2.45) is 0 Å². The summed E-state index contributed by atoms with van der Waals surface area (Å²) in [7, 11) is 0. The average Bonchev–Trinajstić information content (AvgIpc) is 2.40. The zero-order valence-electron chi connectivity index (χ0n) is 8.29. The lowest BCUT2D eigenvalue weighted by Gasteiger charge is -2.03. The minimum atomic E-state index is -0.380. The average molecular weight is 214 g/mol. The number of hydrogen-bond donors (Lipinski definition) is 2. The van der Waals surface area contributed by atoms with E-state index in [1.165, 1.54) is 11.3 Å². The van der Waals surface area contributed by atoms with Crippen molar-refractivity contribution in [2.75, 3.05) is 18.1 Å². The smallest absolute Gasteiger partial charge is 0.341 e. The van der Waals surface area contributed by atoms with Gasteiger partial charge < -0.3 is 16.2 Å². The predicted molar refractivity (Wildman–Crippen MR) is 58.5 cm³/mol. The highest BCUT2D eigenvalue weighted by Gasteiger charge is 2.20. The third kappa shape index (κ3) is 1.82. The van der Waals surface area contributed by atoms with Crippen LogP contribution in [0.2, 0.25) is 0 Å². The van der Waals surface area contributed by atoms with Crippen LogP contribution in [-0.2, 0) is 11.2 Å². The van der Waals surface area contributed by atoms with E-state index >= 15 is 0 Å². The first-order chi connectivity index (χ1) is 6.61. The molecule has 0 unspecified atom stereocenters. The molecule has 1 aromatic heterocycles. The number of hydrogen-bond acceptors (Lipinski definition) is 5. The summed E-state index contributed by atoms with van der Waals surface area (Å²) < 4.78 is 4.90. The van der Waals surface area contributed by atoms with E-state index in [0.717, 1.165) is 5.56 Å². The Morgan fingerprint density at radius 1 is 1.36 bits per heavy atom. The summed E-state index contributed by atoms with van der Waals surface area (Å²) in [5.74, 6) is -0.380. The molecule has 0 aliphatic heterocycles. The molecule has 14 heavy (non-hydrogen) atoms. The molecule has 0 amide bonds. The van der Waals surface area contributed by atoms with E-state index in [0.29, 0.717) is 28.6 Å². The van der Waals surface area contributed by atoms with Crippen molar-refractivity contribution in [2.45, 2.75) is 20.3 Å². The van der Waals surface area contributed by atoms with Crippen LogP contribution in [-0.4, -0.2) is 12.6 Å². The molecule has 4 N–H and O–H groups in total. The number of anilines is 2. The highest BCUT2D eigenvalue weighted by Crippen LogP contribution is 2.33. The van der Waals surface area contributed by atoms with Crippen LogP contribution in [0.5, 0.6) is 0 Å². The fourth-order valence-electron chi connectivity index (χ4n) is 1.28. The second-order valence-electron chi connectivity index (χ2n) is 2.76. The van der Waals surface area contributed by atoms with Crippen molar-refractivity contribution in [1.29, 1.82) is 0 Å². The van der Waals surface area contributed by atoms with Crippen molar-refractivity contribution in [3.8, 4) is 0 Å². The monoisotopic (exact) mass is 214 g/mol. The summed E-state index contributed by atoms with van der Waals surface area (Å²) in [5.41, 5.74) is 12.6. The summed E-state index contributed by atoms with van der Waals surface area (Å²) >= 11 is 1.23. The van der Waals surface area contributed by atoms with Gasteiger partial charge in [-0.15, -0.1) is 11.3 Å². The van der Waals surface area contributed by atoms with Gasteiger partial charge >= 0.3 is 5.97 Å². The van der Waals surface area contributed by atoms with Gasteiger partial charge in [-0.2, -0.15) is 0 Å². The van der Waals surface area contributed by atoms with E-state index in [9.17, 15) is 4.79 Å². The van der Waals surface area contributed by atoms with Gasteiger partial charge in [0.25, 0.3) is 0 Å². The van der Waals surface area contributed by atoms with Crippen LogP contribution in [0.25, 0.3) is 0 Å². The number of thiophene rings is 1. The van der Waals surface area contributed by atoms with Gasteiger partial charge in [0.15, 0.2) is 0 Å². The van der Waals surface area contributed by atoms with E-state index in [1.807, 2.05) is 6.92 Å². The number of nitrogen functional groups attached to an aromatic ring is 2. The Kier molecular flexibility index (Phi) is 3.35. The van der Waals surface area contributed by atoms with Gasteiger partial charge in [0.1, 0.15) is 5.00 Å². The van der Waals surface area contributed by atoms with Gasteiger partial charge in [-0.25, -0.2) is 4.79 Å². The molecule has 0 atom stereocenters. The summed E-state index contributed by atoms with van der Waals surface area (Å²) in [6, 6.07) is 0. The molecule has 1 rings (SSSR count). The van der Waals surface area contributed by atoms with Crippen molar-refractivity contribution < 1.29 is 9.53 Å². The highest BCUT2D eigenvalue weighted by atomic mass is 32.1. The van der Waals surface area contributed by atoms with Gasteiger partial charge in [0.2, 0.25) is 0 Å². The van der Waals surface area contributed by atoms with Gasteiger partial charge in [-0.3, -0.25) is 0 Å². The predicted octanol–water partition coefficient (Wildman–Crippen LogP) is 1.65. The third-order valence-electron chi connectivity index (χ3n) is 1.90. The molecule has 0 fully saturated rings. The van der Waals surface area contributed by atoms with E-state index in [1.54, 1.807) is 6.92 Å². The maximum atomic E-state index is 11.5. The molecule has 0 aliphatic rings. The standard InChI is InChI=1S/C9H14N2O2S/c1-3-5-6(9(12)13-4-2)8(11)14-7(5)10/h3-4,10-11H2,1-2H3. The van der Waals surface area contributed by atoms with E-state index in [2.05, 4.69) is 0 Å². The Morgan fingerprint density at radius 3 is 2.50 bits per heavy atom. The van der Waals surface area contributed by atoms with Crippen LogP contribution in [0.1, 0.15) is 29.8 Å². The van der Waals surface area contributed by atoms with Crippen LogP contribution in [0.4, 0.5) is 10.0 Å². The molecule has 0 bridgehead atoms. The minimum Gasteiger partial charge on any atom is -0.462 e. The van der Waals surface area contributed by atoms with E-state index in [-0.39, 0.29) is 5.97 Å². The van der Waals surface area contributed by atoms with Crippen molar-refractivity contribution >= 4 is 27.3 Å². The third-order valence-corrected chi connectivity index (χ3v) is 2.79. The lowest BCUT2D eigenvalue weighted by atomic mass is 10.1. The molecule has 1 heterocycles. The summed E-state index contributed by atoms with van der Waals surface area (Å²) in [6.45, 7) is 4.03. The number of carbonyl (C=O) groups is 1. The Bertz CT molecular complexity index is 347. The fraction of sp³-hybridized carbons (Fsp3) is 0.444. The lowest BCUT2D eigenvalue weighted by Crippen LogP contribution is -2.08. The molecule has 0 aliphatic carbocycles. The largest absolute Gasteiger partial charge is 0.462 e. The van der Waals surface area contributed by atoms with E-state index < -0.39 is 0 Å². The van der Waals surface area contributed by atoms with Gasteiger partial charge in [0.05, 0.1) is 17.2 Å². The molecule has 0 radical (unpaired) electrons. The molecule has 4 nitrogen and oxygen atoms in total. The molecule has 0 spiro atoms. The van der Waals surface area contributed by atoms with Crippen molar-refractivity contribution in [1.82, 2.24) is 0 Å². The number of esters is 1. The van der Waals surface area contributed by atoms with Crippen LogP contribution >= 0.6 is 11.3 Å². The molecule has 0 saturated carbocycles. The van der Waals surface area contributed by atoms with Gasteiger partial charge in [-0.1, -0.05) is 6.92 Å². The Morgan fingerprint density at radius 2 is 2.00 bits per heavy atom. The topological polar surface area (TPSA) is 78.3 Å². The fourth-order valence-corrected chi connectivity index (χ4v) is 2.20. The van der Waals surface area contributed by atoms with Crippen LogP contribution < -0.4 is 11.5 Å². The molecule has 78 valence electrons. The summed E-state index contributed by atoms with van der Waals surface area (Å²) in [4.78, 5) is 11.5. The first-order valence-electron chi connectivity index (χ1n) is 4.45. The molecule has 1 aromatic rings. The summed E-state index contributed by atoms with van der Waals surface area (Å²) in [5, 5.41) is 1.05. The Hall–Kier alpha value is -1.23. The molecule has 5 heteroatoms. The Balaban J connectivity index is 3.11. The lowest BCUT2D eigenvalue weighted by molar-refractivity contribution is 0.0527. The second kappa shape index (κ2) is 4.32. The quantitative estimate of drug-likeness (QED) is 0.750. The molecule has 0 saturated heterocycles.